The van der Waals surface area contributed by atoms with Gasteiger partial charge in [0.1, 0.15) is 0 Å². The number of aliphatic hydroxyl groups is 1. The fourth-order valence-electron chi connectivity index (χ4n) is 3.27. The van der Waals surface area contributed by atoms with E-state index in [0.717, 1.165) is 22.7 Å². The Hall–Kier alpha value is -2.87. The molecular formula is C16H17N5O3. The largest absolute Gasteiger partial charge is 0.476 e. The average molecular weight is 327 g/mol. The minimum absolute atomic E-state index is 0.0124. The quantitative estimate of drug-likeness (QED) is 0.660. The summed E-state index contributed by atoms with van der Waals surface area (Å²) in [4.78, 5) is 18.1. The van der Waals surface area contributed by atoms with Crippen LogP contribution in [-0.2, 0) is 19.5 Å². The summed E-state index contributed by atoms with van der Waals surface area (Å²) in [6.45, 7) is 1.60. The first-order chi connectivity index (χ1) is 11.7. The number of aromatic amines is 1. The SMILES string of the molecule is O=C(O)c1n[nH]c2c1CN(c1nc3ccccc3n1CCO)CC2. The van der Waals surface area contributed by atoms with E-state index in [1.165, 1.54) is 0 Å². The van der Waals surface area contributed by atoms with Crippen LogP contribution >= 0.6 is 0 Å². The van der Waals surface area contributed by atoms with Crippen molar-refractivity contribution in [2.45, 2.75) is 19.5 Å². The van der Waals surface area contributed by atoms with Crippen LogP contribution in [0.25, 0.3) is 11.0 Å². The van der Waals surface area contributed by atoms with Crippen LogP contribution in [0, 0.1) is 0 Å². The summed E-state index contributed by atoms with van der Waals surface area (Å²) in [5.74, 6) is -0.286. The Bertz CT molecular complexity index is 914. The number of carboxylic acid groups (broad SMARTS) is 1. The molecule has 0 unspecified atom stereocenters. The van der Waals surface area contributed by atoms with Crippen molar-refractivity contribution in [1.29, 1.82) is 0 Å². The zero-order chi connectivity index (χ0) is 16.7. The topological polar surface area (TPSA) is 107 Å². The molecule has 0 amide bonds. The van der Waals surface area contributed by atoms with Crippen LogP contribution in [-0.4, -0.2) is 49.1 Å². The third-order valence-electron chi connectivity index (χ3n) is 4.38. The van der Waals surface area contributed by atoms with Crippen LogP contribution in [0.4, 0.5) is 5.95 Å². The van der Waals surface area contributed by atoms with E-state index < -0.39 is 5.97 Å². The van der Waals surface area contributed by atoms with E-state index in [1.54, 1.807) is 0 Å². The van der Waals surface area contributed by atoms with Gasteiger partial charge in [-0.15, -0.1) is 0 Å². The Morgan fingerprint density at radius 3 is 2.96 bits per heavy atom. The van der Waals surface area contributed by atoms with Crippen molar-refractivity contribution in [2.75, 3.05) is 18.1 Å². The lowest BCUT2D eigenvalue weighted by Crippen LogP contribution is -2.33. The number of aromatic nitrogens is 4. The van der Waals surface area contributed by atoms with Crippen molar-refractivity contribution in [2.24, 2.45) is 0 Å². The van der Waals surface area contributed by atoms with Crippen molar-refractivity contribution >= 4 is 23.0 Å². The summed E-state index contributed by atoms with van der Waals surface area (Å²) in [6.07, 6.45) is 0.679. The number of aliphatic hydroxyl groups excluding tert-OH is 1. The molecule has 8 nitrogen and oxygen atoms in total. The molecule has 4 rings (SSSR count). The van der Waals surface area contributed by atoms with Crippen molar-refractivity contribution in [3.63, 3.8) is 0 Å². The van der Waals surface area contributed by atoms with Crippen molar-refractivity contribution in [3.8, 4) is 0 Å². The summed E-state index contributed by atoms with van der Waals surface area (Å²) >= 11 is 0. The number of aromatic carboxylic acids is 1. The minimum Gasteiger partial charge on any atom is -0.476 e. The predicted octanol–water partition coefficient (Wildman–Crippen LogP) is 1.01. The fraction of sp³-hybridized carbons (Fsp3) is 0.312. The van der Waals surface area contributed by atoms with Gasteiger partial charge in [-0.2, -0.15) is 5.10 Å². The summed E-state index contributed by atoms with van der Waals surface area (Å²) < 4.78 is 1.97. The Balaban J connectivity index is 1.77. The number of hydrogen-bond acceptors (Lipinski definition) is 5. The number of para-hydroxylation sites is 2. The minimum atomic E-state index is -1.03. The van der Waals surface area contributed by atoms with Crippen molar-refractivity contribution in [1.82, 2.24) is 19.7 Å². The zero-order valence-corrected chi connectivity index (χ0v) is 12.9. The van der Waals surface area contributed by atoms with Crippen LogP contribution in [0.1, 0.15) is 21.7 Å². The number of hydrogen-bond donors (Lipinski definition) is 3. The highest BCUT2D eigenvalue weighted by Gasteiger charge is 2.27. The zero-order valence-electron chi connectivity index (χ0n) is 12.9. The number of nitrogens with one attached hydrogen (secondary N) is 1. The molecular weight excluding hydrogens is 310 g/mol. The number of carboxylic acids is 1. The Kier molecular flexibility index (Phi) is 3.46. The molecule has 3 N–H and O–H groups in total. The van der Waals surface area contributed by atoms with Gasteiger partial charge >= 0.3 is 5.97 Å². The number of rotatable bonds is 4. The molecule has 3 heterocycles. The highest BCUT2D eigenvalue weighted by molar-refractivity contribution is 5.87. The average Bonchev–Trinajstić information content (AvgIpc) is 3.16. The summed E-state index contributed by atoms with van der Waals surface area (Å²) in [7, 11) is 0. The molecule has 0 saturated heterocycles. The lowest BCUT2D eigenvalue weighted by atomic mass is 10.1. The molecule has 1 aliphatic heterocycles. The molecule has 1 aromatic carbocycles. The molecule has 124 valence electrons. The maximum Gasteiger partial charge on any atom is 0.356 e. The second-order valence-electron chi connectivity index (χ2n) is 5.78. The summed E-state index contributed by atoms with van der Waals surface area (Å²) in [5, 5.41) is 25.4. The van der Waals surface area contributed by atoms with Gasteiger partial charge in [-0.05, 0) is 12.1 Å². The molecule has 0 spiro atoms. The van der Waals surface area contributed by atoms with Crippen LogP contribution in [0.5, 0.6) is 0 Å². The van der Waals surface area contributed by atoms with Gasteiger partial charge in [0, 0.05) is 30.8 Å². The maximum atomic E-state index is 11.3. The van der Waals surface area contributed by atoms with Crippen LogP contribution < -0.4 is 4.90 Å². The lowest BCUT2D eigenvalue weighted by Gasteiger charge is -2.28. The highest BCUT2D eigenvalue weighted by Crippen LogP contribution is 2.28. The van der Waals surface area contributed by atoms with E-state index in [9.17, 15) is 15.0 Å². The first-order valence-electron chi connectivity index (χ1n) is 7.79. The normalized spacial score (nSPS) is 14.1. The second kappa shape index (κ2) is 5.64. The van der Waals surface area contributed by atoms with Gasteiger partial charge in [0.25, 0.3) is 0 Å². The van der Waals surface area contributed by atoms with E-state index >= 15 is 0 Å². The van der Waals surface area contributed by atoms with Gasteiger partial charge in [-0.3, -0.25) is 5.10 Å². The number of carbonyl (C=O) groups is 1. The number of benzene rings is 1. The van der Waals surface area contributed by atoms with Crippen LogP contribution in [0.3, 0.4) is 0 Å². The Labute approximate surface area is 137 Å². The smallest absolute Gasteiger partial charge is 0.356 e. The van der Waals surface area contributed by atoms with Crippen molar-refractivity contribution in [3.05, 3.63) is 41.2 Å². The third-order valence-corrected chi connectivity index (χ3v) is 4.38. The number of fused-ring (bicyclic) bond motifs is 2. The number of imidazole rings is 1. The molecule has 24 heavy (non-hydrogen) atoms. The van der Waals surface area contributed by atoms with E-state index in [0.29, 0.717) is 31.6 Å². The lowest BCUT2D eigenvalue weighted by molar-refractivity contribution is 0.0689. The molecule has 0 atom stereocenters. The maximum absolute atomic E-state index is 11.3. The van der Waals surface area contributed by atoms with E-state index in [-0.39, 0.29) is 12.3 Å². The molecule has 1 aliphatic rings. The molecule has 8 heteroatoms. The number of H-pyrrole nitrogens is 1. The molecule has 0 radical (unpaired) electrons. The van der Waals surface area contributed by atoms with Crippen molar-refractivity contribution < 1.29 is 15.0 Å². The second-order valence-corrected chi connectivity index (χ2v) is 5.78. The van der Waals surface area contributed by atoms with Crippen LogP contribution in [0.15, 0.2) is 24.3 Å². The molecule has 3 aromatic rings. The first-order valence-corrected chi connectivity index (χ1v) is 7.79. The molecule has 0 bridgehead atoms. The Morgan fingerprint density at radius 2 is 2.17 bits per heavy atom. The predicted molar refractivity (Wildman–Crippen MR) is 87.1 cm³/mol. The number of anilines is 1. The molecule has 0 fully saturated rings. The van der Waals surface area contributed by atoms with E-state index in [1.807, 2.05) is 33.7 Å². The van der Waals surface area contributed by atoms with Gasteiger partial charge in [0.15, 0.2) is 5.69 Å². The van der Waals surface area contributed by atoms with Gasteiger partial charge in [0.05, 0.1) is 24.2 Å². The summed E-state index contributed by atoms with van der Waals surface area (Å²) in [6, 6.07) is 7.77. The van der Waals surface area contributed by atoms with Crippen LogP contribution in [0.2, 0.25) is 0 Å². The standard InChI is InChI=1S/C16H17N5O3/c22-8-7-21-13-4-2-1-3-12(13)17-16(21)20-6-5-11-10(9-20)14(15(23)24)19-18-11/h1-4,22H,5-9H2,(H,18,19)(H,23,24). The highest BCUT2D eigenvalue weighted by atomic mass is 16.4. The fourth-order valence-corrected chi connectivity index (χ4v) is 3.27. The molecule has 0 aliphatic carbocycles. The monoisotopic (exact) mass is 327 g/mol. The van der Waals surface area contributed by atoms with E-state index in [2.05, 4.69) is 15.2 Å². The number of nitrogens with zero attached hydrogens (tertiary/aromatic N) is 4. The molecule has 2 aromatic heterocycles. The van der Waals surface area contributed by atoms with Gasteiger partial charge < -0.3 is 19.7 Å². The van der Waals surface area contributed by atoms with Gasteiger partial charge in [-0.25, -0.2) is 9.78 Å². The Morgan fingerprint density at radius 1 is 1.33 bits per heavy atom. The van der Waals surface area contributed by atoms with Gasteiger partial charge in [-0.1, -0.05) is 12.1 Å². The van der Waals surface area contributed by atoms with Gasteiger partial charge in [0.2, 0.25) is 5.95 Å². The van der Waals surface area contributed by atoms with E-state index in [4.69, 9.17) is 0 Å². The molecule has 0 saturated carbocycles. The third kappa shape index (κ3) is 2.23. The first kappa shape index (κ1) is 14.7. The summed E-state index contributed by atoms with van der Waals surface area (Å²) in [5.41, 5.74) is 3.46.